The minimum Gasteiger partial charge on any atom is -0.493 e. The lowest BCUT2D eigenvalue weighted by Crippen LogP contribution is -2.19. The summed E-state index contributed by atoms with van der Waals surface area (Å²) >= 11 is 5.93. The van der Waals surface area contributed by atoms with Gasteiger partial charge in [0.1, 0.15) is 0 Å². The summed E-state index contributed by atoms with van der Waals surface area (Å²) in [5, 5.41) is 5.71. The van der Waals surface area contributed by atoms with E-state index in [9.17, 15) is 4.79 Å². The molecule has 0 saturated heterocycles. The Morgan fingerprint density at radius 2 is 1.54 bits per heavy atom. The smallest absolute Gasteiger partial charge is 0.323 e. The molecular weight excluding hydrogens is 334 g/mol. The highest BCUT2D eigenvalue weighted by atomic mass is 35.5. The lowest BCUT2D eigenvalue weighted by atomic mass is 10.2. The van der Waals surface area contributed by atoms with Crippen LogP contribution in [-0.4, -0.2) is 27.4 Å². The molecule has 128 valence electrons. The van der Waals surface area contributed by atoms with Gasteiger partial charge in [-0.3, -0.25) is 0 Å². The van der Waals surface area contributed by atoms with Crippen LogP contribution in [0, 0.1) is 0 Å². The van der Waals surface area contributed by atoms with Crippen LogP contribution in [0.5, 0.6) is 17.2 Å². The van der Waals surface area contributed by atoms with Gasteiger partial charge in [-0.15, -0.1) is 0 Å². The number of anilines is 3. The van der Waals surface area contributed by atoms with Gasteiger partial charge in [-0.1, -0.05) is 11.6 Å². The molecule has 2 amide bonds. The van der Waals surface area contributed by atoms with Crippen LogP contribution in [0.4, 0.5) is 21.9 Å². The molecule has 0 fully saturated rings. The van der Waals surface area contributed by atoms with Gasteiger partial charge in [0.05, 0.1) is 37.7 Å². The molecule has 24 heavy (non-hydrogen) atoms. The molecule has 2 rings (SSSR count). The number of nitrogens with one attached hydrogen (secondary N) is 2. The van der Waals surface area contributed by atoms with E-state index in [2.05, 4.69) is 10.6 Å². The van der Waals surface area contributed by atoms with Crippen molar-refractivity contribution < 1.29 is 19.0 Å². The lowest BCUT2D eigenvalue weighted by molar-refractivity contribution is 0.262. The summed E-state index contributed by atoms with van der Waals surface area (Å²) in [6, 6.07) is 7.61. The van der Waals surface area contributed by atoms with Crippen molar-refractivity contribution >= 4 is 34.7 Å². The molecule has 0 aliphatic carbocycles. The Kier molecular flexibility index (Phi) is 5.59. The quantitative estimate of drug-likeness (QED) is 0.715. The Morgan fingerprint density at radius 1 is 0.958 bits per heavy atom. The van der Waals surface area contributed by atoms with Gasteiger partial charge < -0.3 is 30.6 Å². The summed E-state index contributed by atoms with van der Waals surface area (Å²) in [5.41, 5.74) is 7.06. The van der Waals surface area contributed by atoms with Crippen LogP contribution in [0.25, 0.3) is 0 Å². The van der Waals surface area contributed by atoms with E-state index in [1.165, 1.54) is 21.3 Å². The van der Waals surface area contributed by atoms with Crippen molar-refractivity contribution in [2.75, 3.05) is 37.7 Å². The highest BCUT2D eigenvalue weighted by Crippen LogP contribution is 2.39. The highest BCUT2D eigenvalue weighted by molar-refractivity contribution is 6.33. The van der Waals surface area contributed by atoms with Crippen molar-refractivity contribution in [1.29, 1.82) is 0 Å². The topological polar surface area (TPSA) is 94.8 Å². The zero-order valence-electron chi connectivity index (χ0n) is 13.5. The molecule has 0 unspecified atom stereocenters. The zero-order chi connectivity index (χ0) is 17.7. The molecule has 0 aliphatic rings. The van der Waals surface area contributed by atoms with E-state index in [-0.39, 0.29) is 0 Å². The fourth-order valence-electron chi connectivity index (χ4n) is 2.05. The first kappa shape index (κ1) is 17.6. The van der Waals surface area contributed by atoms with Gasteiger partial charge in [0.15, 0.2) is 11.5 Å². The summed E-state index contributed by atoms with van der Waals surface area (Å²) in [6.45, 7) is 0. The molecule has 0 aliphatic heterocycles. The van der Waals surface area contributed by atoms with Gasteiger partial charge >= 0.3 is 6.03 Å². The van der Waals surface area contributed by atoms with Crippen LogP contribution < -0.4 is 30.6 Å². The first-order valence-corrected chi connectivity index (χ1v) is 7.29. The maximum Gasteiger partial charge on any atom is 0.323 e. The van der Waals surface area contributed by atoms with E-state index in [0.717, 1.165) is 0 Å². The number of rotatable bonds is 5. The van der Waals surface area contributed by atoms with E-state index in [1.807, 2.05) is 0 Å². The average molecular weight is 352 g/mol. The highest BCUT2D eigenvalue weighted by Gasteiger charge is 2.14. The monoisotopic (exact) mass is 351 g/mol. The molecule has 2 aromatic rings. The largest absolute Gasteiger partial charge is 0.493 e. The molecule has 0 bridgehead atoms. The van der Waals surface area contributed by atoms with Crippen molar-refractivity contribution in [1.82, 2.24) is 0 Å². The van der Waals surface area contributed by atoms with Crippen molar-refractivity contribution in [3.8, 4) is 17.2 Å². The number of hydrogen-bond donors (Lipinski definition) is 3. The van der Waals surface area contributed by atoms with Crippen LogP contribution in [0.2, 0.25) is 5.02 Å². The number of nitrogens with two attached hydrogens (primary N) is 1. The first-order valence-electron chi connectivity index (χ1n) is 6.91. The Hall–Kier alpha value is -2.80. The summed E-state index contributed by atoms with van der Waals surface area (Å²) < 4.78 is 15.7. The summed E-state index contributed by atoms with van der Waals surface area (Å²) in [4.78, 5) is 12.1. The fraction of sp³-hybridized carbons (Fsp3) is 0.188. The molecule has 0 heterocycles. The number of ether oxygens (including phenoxy) is 3. The van der Waals surface area contributed by atoms with Crippen LogP contribution in [-0.2, 0) is 0 Å². The number of urea groups is 1. The van der Waals surface area contributed by atoms with E-state index in [0.29, 0.717) is 39.3 Å². The first-order chi connectivity index (χ1) is 11.5. The second-order valence-corrected chi connectivity index (χ2v) is 5.14. The van der Waals surface area contributed by atoms with E-state index in [4.69, 9.17) is 31.5 Å². The zero-order valence-corrected chi connectivity index (χ0v) is 14.2. The van der Waals surface area contributed by atoms with Crippen LogP contribution in [0.3, 0.4) is 0 Å². The molecule has 0 atom stereocenters. The maximum absolute atomic E-state index is 12.1. The van der Waals surface area contributed by atoms with Gasteiger partial charge in [0.2, 0.25) is 5.75 Å². The minimum absolute atomic E-state index is 0.362. The van der Waals surface area contributed by atoms with Crippen molar-refractivity contribution in [2.24, 2.45) is 0 Å². The van der Waals surface area contributed by atoms with Crippen molar-refractivity contribution in [3.63, 3.8) is 0 Å². The number of carbonyl (C=O) groups excluding carboxylic acids is 1. The van der Waals surface area contributed by atoms with Crippen LogP contribution in [0.15, 0.2) is 30.3 Å². The molecule has 0 radical (unpaired) electrons. The molecule has 0 aromatic heterocycles. The van der Waals surface area contributed by atoms with Gasteiger partial charge in [-0.2, -0.15) is 0 Å². The Labute approximate surface area is 144 Å². The van der Waals surface area contributed by atoms with Gasteiger partial charge in [-0.05, 0) is 18.2 Å². The molecule has 0 saturated carbocycles. The third-order valence-corrected chi connectivity index (χ3v) is 3.51. The summed E-state index contributed by atoms with van der Waals surface area (Å²) in [7, 11) is 4.50. The van der Waals surface area contributed by atoms with Crippen molar-refractivity contribution in [2.45, 2.75) is 0 Å². The number of halogens is 1. The molecule has 7 nitrogen and oxygen atoms in total. The van der Waals surface area contributed by atoms with Gasteiger partial charge in [0, 0.05) is 17.8 Å². The summed E-state index contributed by atoms with van der Waals surface area (Å²) in [5.74, 6) is 1.31. The third-order valence-electron chi connectivity index (χ3n) is 3.18. The summed E-state index contributed by atoms with van der Waals surface area (Å²) in [6.07, 6.45) is 0. The molecular formula is C16H18ClN3O4. The van der Waals surface area contributed by atoms with Crippen molar-refractivity contribution in [3.05, 3.63) is 35.4 Å². The second-order valence-electron chi connectivity index (χ2n) is 4.73. The standard InChI is InChI=1S/C16H18ClN3O4/c1-22-13-7-10(8-14(23-2)15(13)24-3)20-16(21)19-9-4-5-12(18)11(17)6-9/h4-8H,18H2,1-3H3,(H2,19,20,21). The Balaban J connectivity index is 2.17. The Morgan fingerprint density at radius 3 is 2.04 bits per heavy atom. The maximum atomic E-state index is 12.1. The van der Waals surface area contributed by atoms with Crippen LogP contribution in [0.1, 0.15) is 0 Å². The number of methoxy groups -OCH3 is 3. The predicted molar refractivity (Wildman–Crippen MR) is 94.6 cm³/mol. The molecule has 8 heteroatoms. The molecule has 4 N–H and O–H groups in total. The van der Waals surface area contributed by atoms with E-state index >= 15 is 0 Å². The second kappa shape index (κ2) is 7.65. The van der Waals surface area contributed by atoms with Gasteiger partial charge in [0.25, 0.3) is 0 Å². The number of nitrogen functional groups attached to an aromatic ring is 1. The van der Waals surface area contributed by atoms with E-state index < -0.39 is 6.03 Å². The Bertz CT molecular complexity index is 727. The van der Waals surface area contributed by atoms with Gasteiger partial charge in [-0.25, -0.2) is 4.79 Å². The molecule has 0 spiro atoms. The number of benzene rings is 2. The third kappa shape index (κ3) is 3.94. The number of amides is 2. The minimum atomic E-state index is -0.454. The van der Waals surface area contributed by atoms with Crippen LogP contribution >= 0.6 is 11.6 Å². The SMILES string of the molecule is COc1cc(NC(=O)Nc2ccc(N)c(Cl)c2)cc(OC)c1OC. The molecule has 2 aromatic carbocycles. The average Bonchev–Trinajstić information content (AvgIpc) is 2.57. The number of hydrogen-bond acceptors (Lipinski definition) is 5. The predicted octanol–water partition coefficient (Wildman–Crippen LogP) is 3.59. The normalized spacial score (nSPS) is 10.0. The van der Waals surface area contributed by atoms with E-state index in [1.54, 1.807) is 30.3 Å². The fourth-order valence-corrected chi connectivity index (χ4v) is 2.23. The lowest BCUT2D eigenvalue weighted by Gasteiger charge is -2.15. The number of carbonyl (C=O) groups is 1.